The second-order valence-electron chi connectivity index (χ2n) is 6.60. The predicted octanol–water partition coefficient (Wildman–Crippen LogP) is 0.877. The summed E-state index contributed by atoms with van der Waals surface area (Å²) < 4.78 is 7.28. The third-order valence-electron chi connectivity index (χ3n) is 4.70. The van der Waals surface area contributed by atoms with Crippen molar-refractivity contribution in [3.8, 4) is 5.75 Å². The summed E-state index contributed by atoms with van der Waals surface area (Å²) in [5.41, 5.74) is 1.79. The Morgan fingerprint density at radius 1 is 1.30 bits per heavy atom. The summed E-state index contributed by atoms with van der Waals surface area (Å²) in [5, 5.41) is 13.0. The van der Waals surface area contributed by atoms with E-state index in [1.807, 2.05) is 19.4 Å². The number of amides is 2. The van der Waals surface area contributed by atoms with Gasteiger partial charge in [0, 0.05) is 45.0 Å². The number of nitrogens with zero attached hydrogens (tertiary/aromatic N) is 2. The molecular weight excluding hydrogens is 346 g/mol. The average molecular weight is 371 g/mol. The van der Waals surface area contributed by atoms with Crippen molar-refractivity contribution in [3.63, 3.8) is 0 Å². The van der Waals surface area contributed by atoms with Crippen LogP contribution in [0.1, 0.15) is 17.9 Å². The van der Waals surface area contributed by atoms with E-state index in [-0.39, 0.29) is 23.7 Å². The summed E-state index contributed by atoms with van der Waals surface area (Å²) in [4.78, 5) is 23.9. The van der Waals surface area contributed by atoms with Crippen LogP contribution in [0.25, 0.3) is 0 Å². The monoisotopic (exact) mass is 371 g/mol. The molecule has 0 bridgehead atoms. The van der Waals surface area contributed by atoms with Crippen molar-refractivity contribution in [2.75, 3.05) is 32.1 Å². The fourth-order valence-corrected chi connectivity index (χ4v) is 3.19. The van der Waals surface area contributed by atoms with Gasteiger partial charge in [0.1, 0.15) is 5.75 Å². The molecule has 0 spiro atoms. The minimum atomic E-state index is -0.141. The first-order chi connectivity index (χ1) is 13.1. The van der Waals surface area contributed by atoms with E-state index in [9.17, 15) is 9.59 Å². The average Bonchev–Trinajstić information content (AvgIpc) is 3.31. The first-order valence-corrected chi connectivity index (χ1v) is 9.00. The zero-order chi connectivity index (χ0) is 19.2. The molecule has 3 N–H and O–H groups in total. The lowest BCUT2D eigenvalue weighted by Gasteiger charge is -2.17. The first-order valence-electron chi connectivity index (χ1n) is 9.00. The number of rotatable bonds is 7. The molecule has 2 aromatic rings. The Balaban J connectivity index is 1.55. The van der Waals surface area contributed by atoms with Crippen LogP contribution in [0.4, 0.5) is 5.69 Å². The largest absolute Gasteiger partial charge is 0.493 e. The fraction of sp³-hybridized carbons (Fsp3) is 0.421. The Morgan fingerprint density at radius 3 is 2.74 bits per heavy atom. The Labute approximate surface area is 158 Å². The maximum absolute atomic E-state index is 12.7. The minimum Gasteiger partial charge on any atom is -0.493 e. The summed E-state index contributed by atoms with van der Waals surface area (Å²) in [6.07, 6.45) is 4.09. The number of ether oxygens (including phenoxy) is 1. The highest BCUT2D eigenvalue weighted by Crippen LogP contribution is 2.29. The maximum Gasteiger partial charge on any atom is 0.229 e. The summed E-state index contributed by atoms with van der Waals surface area (Å²) >= 11 is 0. The molecule has 8 nitrogen and oxygen atoms in total. The van der Waals surface area contributed by atoms with Gasteiger partial charge in [-0.15, -0.1) is 0 Å². The zero-order valence-corrected chi connectivity index (χ0v) is 15.6. The normalized spacial score (nSPS) is 18.9. The van der Waals surface area contributed by atoms with Gasteiger partial charge in [-0.3, -0.25) is 14.3 Å². The molecule has 1 aliphatic heterocycles. The molecule has 1 aliphatic rings. The molecule has 0 saturated carbocycles. The van der Waals surface area contributed by atoms with Crippen molar-refractivity contribution in [1.82, 2.24) is 20.4 Å². The van der Waals surface area contributed by atoms with Gasteiger partial charge in [-0.1, -0.05) is 0 Å². The Hall–Kier alpha value is -2.87. The number of aromatic nitrogens is 2. The maximum atomic E-state index is 12.7. The quantitative estimate of drug-likeness (QED) is 0.671. The molecule has 8 heteroatoms. The van der Waals surface area contributed by atoms with E-state index in [1.165, 1.54) is 0 Å². The summed E-state index contributed by atoms with van der Waals surface area (Å²) in [5.74, 6) is 0.561. The molecule has 1 aromatic heterocycles. The highest BCUT2D eigenvalue weighted by Gasteiger charge is 2.34. The second-order valence-corrected chi connectivity index (χ2v) is 6.60. The SMILES string of the molecule is CNC(=O)CCOc1ccc(NC(=O)[C@H]2CNC[C@@H]2c2cnn(C)c2)cc1. The van der Waals surface area contributed by atoms with Crippen LogP contribution in [0.15, 0.2) is 36.7 Å². The Bertz CT molecular complexity index is 787. The summed E-state index contributed by atoms with van der Waals surface area (Å²) in [6, 6.07) is 7.17. The van der Waals surface area contributed by atoms with E-state index < -0.39 is 0 Å². The molecule has 27 heavy (non-hydrogen) atoms. The van der Waals surface area contributed by atoms with Gasteiger partial charge in [-0.05, 0) is 29.8 Å². The van der Waals surface area contributed by atoms with Crippen LogP contribution in [0, 0.1) is 5.92 Å². The van der Waals surface area contributed by atoms with Gasteiger partial charge in [0.05, 0.1) is 25.1 Å². The molecule has 1 fully saturated rings. The number of anilines is 1. The van der Waals surface area contributed by atoms with Crippen LogP contribution < -0.4 is 20.7 Å². The molecule has 0 radical (unpaired) electrons. The fourth-order valence-electron chi connectivity index (χ4n) is 3.19. The van der Waals surface area contributed by atoms with E-state index in [2.05, 4.69) is 21.0 Å². The minimum absolute atomic E-state index is 0.0119. The summed E-state index contributed by atoms with van der Waals surface area (Å²) in [6.45, 7) is 1.72. The molecular formula is C19H25N5O3. The smallest absolute Gasteiger partial charge is 0.229 e. The van der Waals surface area contributed by atoms with Crippen molar-refractivity contribution in [2.45, 2.75) is 12.3 Å². The van der Waals surface area contributed by atoms with Crippen LogP contribution in [-0.4, -0.2) is 48.3 Å². The van der Waals surface area contributed by atoms with Gasteiger partial charge in [-0.2, -0.15) is 5.10 Å². The topological polar surface area (TPSA) is 97.3 Å². The highest BCUT2D eigenvalue weighted by molar-refractivity contribution is 5.93. The highest BCUT2D eigenvalue weighted by atomic mass is 16.5. The molecule has 0 unspecified atom stereocenters. The molecule has 3 rings (SSSR count). The van der Waals surface area contributed by atoms with Crippen molar-refractivity contribution in [1.29, 1.82) is 0 Å². The summed E-state index contributed by atoms with van der Waals surface area (Å²) in [7, 11) is 3.47. The van der Waals surface area contributed by atoms with Crippen molar-refractivity contribution in [3.05, 3.63) is 42.2 Å². The van der Waals surface area contributed by atoms with E-state index in [0.717, 1.165) is 17.8 Å². The predicted molar refractivity (Wildman–Crippen MR) is 102 cm³/mol. The lowest BCUT2D eigenvalue weighted by molar-refractivity contribution is -0.121. The van der Waals surface area contributed by atoms with E-state index >= 15 is 0 Å². The van der Waals surface area contributed by atoms with Crippen molar-refractivity contribution < 1.29 is 14.3 Å². The zero-order valence-electron chi connectivity index (χ0n) is 15.6. The van der Waals surface area contributed by atoms with Crippen molar-refractivity contribution in [2.24, 2.45) is 13.0 Å². The molecule has 0 aliphatic carbocycles. The Kier molecular flexibility index (Phi) is 6.08. The van der Waals surface area contributed by atoms with Gasteiger partial charge in [0.15, 0.2) is 0 Å². The van der Waals surface area contributed by atoms with Gasteiger partial charge >= 0.3 is 0 Å². The van der Waals surface area contributed by atoms with Gasteiger partial charge in [0.2, 0.25) is 11.8 Å². The number of aryl methyl sites for hydroxylation is 1. The Morgan fingerprint density at radius 2 is 2.07 bits per heavy atom. The van der Waals surface area contributed by atoms with Gasteiger partial charge in [-0.25, -0.2) is 0 Å². The van der Waals surface area contributed by atoms with Crippen LogP contribution in [0.5, 0.6) is 5.75 Å². The molecule has 2 amide bonds. The first kappa shape index (κ1) is 18.9. The van der Waals surface area contributed by atoms with Crippen molar-refractivity contribution >= 4 is 17.5 Å². The standard InChI is InChI=1S/C19H25N5O3/c1-20-18(25)7-8-27-15-5-3-14(4-6-15)23-19(26)17-11-21-10-16(17)13-9-22-24(2)12-13/h3-6,9,12,16-17,21H,7-8,10-11H2,1-2H3,(H,20,25)(H,23,26)/t16-,17+/m1/s1. The van der Waals surface area contributed by atoms with Crippen LogP contribution >= 0.6 is 0 Å². The van der Waals surface area contributed by atoms with E-state index in [4.69, 9.17) is 4.74 Å². The molecule has 2 atom stereocenters. The third kappa shape index (κ3) is 4.85. The van der Waals surface area contributed by atoms with Gasteiger partial charge in [0.25, 0.3) is 0 Å². The second kappa shape index (κ2) is 8.68. The third-order valence-corrected chi connectivity index (χ3v) is 4.70. The number of hydrogen-bond acceptors (Lipinski definition) is 5. The number of nitrogens with one attached hydrogen (secondary N) is 3. The molecule has 2 heterocycles. The number of carbonyl (C=O) groups excluding carboxylic acids is 2. The van der Waals surface area contributed by atoms with Crippen LogP contribution in [0.3, 0.4) is 0 Å². The molecule has 1 aromatic carbocycles. The number of carbonyl (C=O) groups is 2. The van der Waals surface area contributed by atoms with Crippen LogP contribution in [0.2, 0.25) is 0 Å². The lowest BCUT2D eigenvalue weighted by atomic mass is 9.90. The number of hydrogen-bond donors (Lipinski definition) is 3. The van der Waals surface area contributed by atoms with Gasteiger partial charge < -0.3 is 20.7 Å². The van der Waals surface area contributed by atoms with E-state index in [1.54, 1.807) is 36.0 Å². The number of benzene rings is 1. The molecule has 1 saturated heterocycles. The van der Waals surface area contributed by atoms with E-state index in [0.29, 0.717) is 25.3 Å². The van der Waals surface area contributed by atoms with Crippen LogP contribution in [-0.2, 0) is 16.6 Å². The molecule has 144 valence electrons. The lowest BCUT2D eigenvalue weighted by Crippen LogP contribution is -2.28.